The standard InChI is InChI=1S/C23H26BrClFN5O2Si/c1-34(2,3)10-9-33-14-31-29-21(28-30-31)17-12-20(19(26)13-18(17)24)27-22(32)23(7-8-23)15-5-4-6-16(25)11-15/h4-6,11-13H,7-10,14H2,1-3H3,(H,27,32). The van der Waals surface area contributed by atoms with E-state index in [1.54, 1.807) is 12.1 Å². The van der Waals surface area contributed by atoms with Gasteiger partial charge in [-0.1, -0.05) is 43.4 Å². The highest BCUT2D eigenvalue weighted by molar-refractivity contribution is 9.10. The van der Waals surface area contributed by atoms with Gasteiger partial charge in [0.2, 0.25) is 11.7 Å². The summed E-state index contributed by atoms with van der Waals surface area (Å²) in [6.07, 6.45) is 1.36. The van der Waals surface area contributed by atoms with Crippen LogP contribution in [0.2, 0.25) is 30.7 Å². The lowest BCUT2D eigenvalue weighted by Crippen LogP contribution is -2.28. The van der Waals surface area contributed by atoms with Crippen molar-refractivity contribution in [3.63, 3.8) is 0 Å². The van der Waals surface area contributed by atoms with Crippen LogP contribution in [0.4, 0.5) is 10.1 Å². The van der Waals surface area contributed by atoms with E-state index in [2.05, 4.69) is 56.3 Å². The summed E-state index contributed by atoms with van der Waals surface area (Å²) in [6.45, 7) is 7.67. The van der Waals surface area contributed by atoms with Gasteiger partial charge in [-0.2, -0.15) is 0 Å². The van der Waals surface area contributed by atoms with Crippen LogP contribution in [0.1, 0.15) is 18.4 Å². The quantitative estimate of drug-likeness (QED) is 0.258. The topological polar surface area (TPSA) is 81.9 Å². The lowest BCUT2D eigenvalue weighted by Gasteiger charge is -2.17. The van der Waals surface area contributed by atoms with Crippen molar-refractivity contribution in [3.8, 4) is 11.4 Å². The van der Waals surface area contributed by atoms with Crippen molar-refractivity contribution >= 4 is 47.2 Å². The Morgan fingerprint density at radius 2 is 2.06 bits per heavy atom. The van der Waals surface area contributed by atoms with E-state index in [9.17, 15) is 9.18 Å². The van der Waals surface area contributed by atoms with Crippen LogP contribution in [-0.4, -0.2) is 40.8 Å². The Labute approximate surface area is 212 Å². The number of amides is 1. The molecule has 0 unspecified atom stereocenters. The summed E-state index contributed by atoms with van der Waals surface area (Å²) in [5, 5.41) is 15.8. The first-order valence-corrected chi connectivity index (χ1v) is 15.9. The Bertz CT molecular complexity index is 1210. The molecule has 1 N–H and O–H groups in total. The first kappa shape index (κ1) is 25.0. The number of halogens is 3. The molecule has 1 amide bonds. The van der Waals surface area contributed by atoms with E-state index in [0.717, 1.165) is 11.6 Å². The van der Waals surface area contributed by atoms with Crippen LogP contribution in [0.3, 0.4) is 0 Å². The third-order valence-corrected chi connectivity index (χ3v) is 8.36. The Morgan fingerprint density at radius 1 is 1.29 bits per heavy atom. The second kappa shape index (κ2) is 9.85. The van der Waals surface area contributed by atoms with Gasteiger partial charge in [-0.3, -0.25) is 4.79 Å². The number of hydrogen-bond donors (Lipinski definition) is 1. The summed E-state index contributed by atoms with van der Waals surface area (Å²) in [4.78, 5) is 14.5. The first-order valence-electron chi connectivity index (χ1n) is 11.0. The van der Waals surface area contributed by atoms with Gasteiger partial charge in [-0.15, -0.1) is 15.0 Å². The molecule has 0 atom stereocenters. The molecule has 3 aromatic rings. The van der Waals surface area contributed by atoms with Crippen molar-refractivity contribution in [2.75, 3.05) is 11.9 Å². The molecule has 1 aromatic heterocycles. The van der Waals surface area contributed by atoms with Gasteiger partial charge in [0.25, 0.3) is 0 Å². The molecule has 4 rings (SSSR count). The largest absolute Gasteiger partial charge is 0.358 e. The zero-order valence-corrected chi connectivity index (χ0v) is 22.6. The highest BCUT2D eigenvalue weighted by atomic mass is 79.9. The summed E-state index contributed by atoms with van der Waals surface area (Å²) >= 11 is 9.48. The molecule has 180 valence electrons. The molecule has 0 aliphatic heterocycles. The van der Waals surface area contributed by atoms with Gasteiger partial charge >= 0.3 is 0 Å². The highest BCUT2D eigenvalue weighted by Crippen LogP contribution is 2.49. The fraction of sp³-hybridized carbons (Fsp3) is 0.391. The van der Waals surface area contributed by atoms with E-state index in [1.165, 1.54) is 16.9 Å². The second-order valence-electron chi connectivity index (χ2n) is 9.69. The molecular weight excluding hydrogens is 541 g/mol. The van der Waals surface area contributed by atoms with Gasteiger partial charge in [0, 0.05) is 29.7 Å². The van der Waals surface area contributed by atoms with E-state index in [4.69, 9.17) is 16.3 Å². The predicted molar refractivity (Wildman–Crippen MR) is 136 cm³/mol. The van der Waals surface area contributed by atoms with Gasteiger partial charge in [0.1, 0.15) is 5.82 Å². The highest BCUT2D eigenvalue weighted by Gasteiger charge is 2.51. The van der Waals surface area contributed by atoms with E-state index >= 15 is 0 Å². The van der Waals surface area contributed by atoms with Crippen molar-refractivity contribution in [1.82, 2.24) is 20.2 Å². The van der Waals surface area contributed by atoms with E-state index in [1.807, 2.05) is 12.1 Å². The Balaban J connectivity index is 1.49. The molecule has 1 fully saturated rings. The van der Waals surface area contributed by atoms with Crippen molar-refractivity contribution in [1.29, 1.82) is 0 Å². The van der Waals surface area contributed by atoms with Crippen molar-refractivity contribution in [2.24, 2.45) is 0 Å². The number of ether oxygens (including phenoxy) is 1. The molecule has 1 aliphatic carbocycles. The lowest BCUT2D eigenvalue weighted by atomic mass is 9.95. The number of carbonyl (C=O) groups excluding carboxylic acids is 1. The minimum absolute atomic E-state index is 0.0549. The average molecular weight is 567 g/mol. The molecule has 1 heterocycles. The van der Waals surface area contributed by atoms with Crippen LogP contribution < -0.4 is 5.32 Å². The SMILES string of the molecule is C[Si](C)(C)CCOCn1nnc(-c2cc(NC(=O)C3(c4cccc(Cl)c4)CC3)c(F)cc2Br)n1. The van der Waals surface area contributed by atoms with Crippen LogP contribution >= 0.6 is 27.5 Å². The predicted octanol–water partition coefficient (Wildman–Crippen LogP) is 5.88. The van der Waals surface area contributed by atoms with Crippen molar-refractivity contribution in [3.05, 3.63) is 57.3 Å². The lowest BCUT2D eigenvalue weighted by molar-refractivity contribution is -0.118. The number of nitrogens with zero attached hydrogens (tertiary/aromatic N) is 4. The van der Waals surface area contributed by atoms with Crippen LogP contribution in [0.15, 0.2) is 40.9 Å². The summed E-state index contributed by atoms with van der Waals surface area (Å²) in [5.41, 5.74) is 0.699. The molecule has 1 saturated carbocycles. The molecule has 0 saturated heterocycles. The van der Waals surface area contributed by atoms with Crippen LogP contribution in [-0.2, 0) is 21.7 Å². The zero-order valence-electron chi connectivity index (χ0n) is 19.2. The van der Waals surface area contributed by atoms with Crippen LogP contribution in [0.25, 0.3) is 11.4 Å². The molecule has 2 aromatic carbocycles. The molecule has 34 heavy (non-hydrogen) atoms. The van der Waals surface area contributed by atoms with E-state index in [-0.39, 0.29) is 18.3 Å². The summed E-state index contributed by atoms with van der Waals surface area (Å²) in [6, 6.07) is 11.1. The fourth-order valence-corrected chi connectivity index (χ4v) is 4.99. The fourth-order valence-electron chi connectivity index (χ4n) is 3.55. The summed E-state index contributed by atoms with van der Waals surface area (Å²) in [7, 11) is -1.18. The first-order chi connectivity index (χ1) is 16.1. The van der Waals surface area contributed by atoms with E-state index < -0.39 is 19.3 Å². The number of tetrazole rings is 1. The number of rotatable bonds is 9. The number of anilines is 1. The van der Waals surface area contributed by atoms with Crippen LogP contribution in [0.5, 0.6) is 0 Å². The zero-order chi connectivity index (χ0) is 24.5. The Hall–Kier alpha value is -2.14. The van der Waals surface area contributed by atoms with Crippen molar-refractivity contribution in [2.45, 2.75) is 50.7 Å². The summed E-state index contributed by atoms with van der Waals surface area (Å²) < 4.78 is 20.9. The third-order valence-electron chi connectivity index (χ3n) is 5.76. The number of carbonyl (C=O) groups is 1. The number of nitrogens with one attached hydrogen (secondary N) is 1. The molecule has 7 nitrogen and oxygen atoms in total. The van der Waals surface area contributed by atoms with Gasteiger partial charge in [-0.05, 0) is 69.9 Å². The third kappa shape index (κ3) is 5.73. The monoisotopic (exact) mass is 565 g/mol. The smallest absolute Gasteiger partial charge is 0.235 e. The Morgan fingerprint density at radius 3 is 2.74 bits per heavy atom. The second-order valence-corrected chi connectivity index (χ2v) is 16.6. The molecule has 0 spiro atoms. The molecule has 11 heteroatoms. The number of benzene rings is 2. The van der Waals surface area contributed by atoms with Gasteiger partial charge in [0.05, 0.1) is 11.1 Å². The average Bonchev–Trinajstić information content (AvgIpc) is 3.45. The van der Waals surface area contributed by atoms with Gasteiger partial charge in [-0.25, -0.2) is 4.39 Å². The van der Waals surface area contributed by atoms with Crippen molar-refractivity contribution < 1.29 is 13.9 Å². The Kier molecular flexibility index (Phi) is 7.23. The molecule has 1 aliphatic rings. The maximum Gasteiger partial charge on any atom is 0.235 e. The minimum Gasteiger partial charge on any atom is -0.358 e. The van der Waals surface area contributed by atoms with Gasteiger partial charge in [0.15, 0.2) is 6.73 Å². The summed E-state index contributed by atoms with van der Waals surface area (Å²) in [5.74, 6) is -0.533. The minimum atomic E-state index is -1.18. The van der Waals surface area contributed by atoms with Crippen LogP contribution in [0, 0.1) is 5.82 Å². The number of aromatic nitrogens is 4. The molecular formula is C23H26BrClFN5O2Si. The molecule has 0 radical (unpaired) electrons. The molecule has 0 bridgehead atoms. The van der Waals surface area contributed by atoms with Gasteiger partial charge < -0.3 is 10.1 Å². The normalized spacial score (nSPS) is 14.8. The van der Waals surface area contributed by atoms with E-state index in [0.29, 0.717) is 40.3 Å². The maximum absolute atomic E-state index is 14.7. The maximum atomic E-state index is 14.7. The number of hydrogen-bond acceptors (Lipinski definition) is 5.